The van der Waals surface area contributed by atoms with Crippen molar-refractivity contribution < 1.29 is 14.3 Å². The molecule has 1 N–H and O–H groups in total. The molecule has 0 aromatic heterocycles. The monoisotopic (exact) mass is 430 g/mol. The number of benzene rings is 2. The van der Waals surface area contributed by atoms with E-state index in [0.29, 0.717) is 17.3 Å². The maximum absolute atomic E-state index is 13.0. The van der Waals surface area contributed by atoms with Gasteiger partial charge in [-0.05, 0) is 62.1 Å². The molecule has 6 heteroatoms. The molecule has 0 aliphatic heterocycles. The molecule has 30 heavy (non-hydrogen) atoms. The molecule has 0 fully saturated rings. The second-order valence-corrected chi connectivity index (χ2v) is 7.86. The van der Waals surface area contributed by atoms with Crippen molar-refractivity contribution in [3.05, 3.63) is 64.7 Å². The maximum Gasteiger partial charge on any atom is 0.261 e. The number of ether oxygens (including phenoxy) is 1. The predicted molar refractivity (Wildman–Crippen MR) is 121 cm³/mol. The summed E-state index contributed by atoms with van der Waals surface area (Å²) in [5.41, 5.74) is 2.09. The van der Waals surface area contributed by atoms with E-state index in [0.717, 1.165) is 18.4 Å². The number of rotatable bonds is 10. The van der Waals surface area contributed by atoms with Crippen LogP contribution in [0.3, 0.4) is 0 Å². The second kappa shape index (κ2) is 11.6. The van der Waals surface area contributed by atoms with Gasteiger partial charge in [-0.15, -0.1) is 0 Å². The topological polar surface area (TPSA) is 58.6 Å². The number of amides is 2. The van der Waals surface area contributed by atoms with Crippen LogP contribution in [0.5, 0.6) is 5.75 Å². The second-order valence-electron chi connectivity index (χ2n) is 7.43. The lowest BCUT2D eigenvalue weighted by molar-refractivity contribution is -0.142. The normalized spacial score (nSPS) is 12.7. The molecule has 0 radical (unpaired) electrons. The molecule has 0 aliphatic carbocycles. The third-order valence-corrected chi connectivity index (χ3v) is 5.38. The average molecular weight is 431 g/mol. The number of halogens is 1. The highest BCUT2D eigenvalue weighted by molar-refractivity contribution is 6.30. The third kappa shape index (κ3) is 7.06. The van der Waals surface area contributed by atoms with E-state index in [4.69, 9.17) is 16.3 Å². The predicted octanol–water partition coefficient (Wildman–Crippen LogP) is 4.61. The molecule has 0 unspecified atom stereocenters. The van der Waals surface area contributed by atoms with Gasteiger partial charge in [-0.25, -0.2) is 0 Å². The Hall–Kier alpha value is -2.53. The zero-order chi connectivity index (χ0) is 22.1. The quantitative estimate of drug-likeness (QED) is 0.598. The maximum atomic E-state index is 13.0. The van der Waals surface area contributed by atoms with Crippen LogP contribution >= 0.6 is 11.6 Å². The number of hydrogen-bond donors (Lipinski definition) is 1. The number of carbonyl (C=O) groups excluding carboxylic acids is 2. The first-order valence-electron chi connectivity index (χ1n) is 10.4. The van der Waals surface area contributed by atoms with Gasteiger partial charge in [0.2, 0.25) is 5.91 Å². The Morgan fingerprint density at radius 3 is 2.17 bits per heavy atom. The van der Waals surface area contributed by atoms with Gasteiger partial charge < -0.3 is 15.0 Å². The van der Waals surface area contributed by atoms with E-state index in [9.17, 15) is 9.59 Å². The Labute approximate surface area is 184 Å². The summed E-state index contributed by atoms with van der Waals surface area (Å²) >= 11 is 5.97. The van der Waals surface area contributed by atoms with Crippen LogP contribution in [0.1, 0.15) is 45.2 Å². The van der Waals surface area contributed by atoms with Gasteiger partial charge in [-0.3, -0.25) is 9.59 Å². The van der Waals surface area contributed by atoms with Crippen LogP contribution in [0.4, 0.5) is 0 Å². The zero-order valence-corrected chi connectivity index (χ0v) is 18.9. The number of nitrogens with zero attached hydrogens (tertiary/aromatic N) is 1. The van der Waals surface area contributed by atoms with E-state index >= 15 is 0 Å². The Morgan fingerprint density at radius 1 is 1.00 bits per heavy atom. The standard InChI is InChI=1S/C24H31ClN2O3/c1-5-17(3)26-24(29)18(4)27(15-20-7-11-21(25)12-8-20)23(28)16-30-22-13-9-19(6-2)10-14-22/h7-14,17-18H,5-6,15-16H2,1-4H3,(H,26,29)/t17-,18+/m0/s1. The molecule has 0 aliphatic rings. The van der Waals surface area contributed by atoms with Gasteiger partial charge in [0.15, 0.2) is 6.61 Å². The number of aryl methyl sites for hydroxylation is 1. The Bertz CT molecular complexity index is 821. The summed E-state index contributed by atoms with van der Waals surface area (Å²) < 4.78 is 5.69. The summed E-state index contributed by atoms with van der Waals surface area (Å²) in [7, 11) is 0. The molecule has 2 rings (SSSR count). The molecule has 0 saturated heterocycles. The largest absolute Gasteiger partial charge is 0.484 e. The van der Waals surface area contributed by atoms with Crippen molar-refractivity contribution in [1.29, 1.82) is 0 Å². The van der Waals surface area contributed by atoms with Gasteiger partial charge in [-0.2, -0.15) is 0 Å². The third-order valence-electron chi connectivity index (χ3n) is 5.13. The van der Waals surface area contributed by atoms with E-state index in [1.165, 1.54) is 5.56 Å². The van der Waals surface area contributed by atoms with E-state index in [1.54, 1.807) is 24.0 Å². The van der Waals surface area contributed by atoms with Crippen molar-refractivity contribution in [2.24, 2.45) is 0 Å². The summed E-state index contributed by atoms with van der Waals surface area (Å²) in [6, 6.07) is 14.3. The smallest absolute Gasteiger partial charge is 0.261 e. The van der Waals surface area contributed by atoms with Crippen molar-refractivity contribution >= 4 is 23.4 Å². The molecule has 5 nitrogen and oxygen atoms in total. The van der Waals surface area contributed by atoms with Crippen molar-refractivity contribution in [3.8, 4) is 5.75 Å². The lowest BCUT2D eigenvalue weighted by Gasteiger charge is -2.29. The Balaban J connectivity index is 2.12. The average Bonchev–Trinajstić information content (AvgIpc) is 2.76. The van der Waals surface area contributed by atoms with E-state index in [-0.39, 0.29) is 24.5 Å². The lowest BCUT2D eigenvalue weighted by atomic mass is 10.1. The van der Waals surface area contributed by atoms with Crippen LogP contribution in [0.2, 0.25) is 5.02 Å². The van der Waals surface area contributed by atoms with Crippen molar-refractivity contribution in [2.75, 3.05) is 6.61 Å². The van der Waals surface area contributed by atoms with Crippen LogP contribution in [0, 0.1) is 0 Å². The van der Waals surface area contributed by atoms with Crippen LogP contribution < -0.4 is 10.1 Å². The zero-order valence-electron chi connectivity index (χ0n) is 18.2. The van der Waals surface area contributed by atoms with Crippen LogP contribution in [0.15, 0.2) is 48.5 Å². The lowest BCUT2D eigenvalue weighted by Crippen LogP contribution is -2.50. The van der Waals surface area contributed by atoms with E-state index in [1.807, 2.05) is 50.2 Å². The van der Waals surface area contributed by atoms with E-state index in [2.05, 4.69) is 12.2 Å². The van der Waals surface area contributed by atoms with Crippen molar-refractivity contribution in [1.82, 2.24) is 10.2 Å². The fourth-order valence-corrected chi connectivity index (χ4v) is 3.01. The van der Waals surface area contributed by atoms with Crippen LogP contribution in [0.25, 0.3) is 0 Å². The van der Waals surface area contributed by atoms with E-state index < -0.39 is 6.04 Å². The minimum atomic E-state index is -0.631. The molecule has 2 aromatic carbocycles. The van der Waals surface area contributed by atoms with Gasteiger partial charge in [0.1, 0.15) is 11.8 Å². The van der Waals surface area contributed by atoms with Gasteiger partial charge in [0.25, 0.3) is 5.91 Å². The summed E-state index contributed by atoms with van der Waals surface area (Å²) in [6.07, 6.45) is 1.76. The molecule has 0 saturated carbocycles. The fraction of sp³-hybridized carbons (Fsp3) is 0.417. The number of nitrogens with one attached hydrogen (secondary N) is 1. The van der Waals surface area contributed by atoms with Gasteiger partial charge in [0.05, 0.1) is 0 Å². The Morgan fingerprint density at radius 2 is 1.60 bits per heavy atom. The van der Waals surface area contributed by atoms with Crippen molar-refractivity contribution in [3.63, 3.8) is 0 Å². The highest BCUT2D eigenvalue weighted by Gasteiger charge is 2.27. The molecular weight excluding hydrogens is 400 g/mol. The number of carbonyl (C=O) groups is 2. The van der Waals surface area contributed by atoms with Gasteiger partial charge in [0, 0.05) is 17.6 Å². The van der Waals surface area contributed by atoms with Crippen LogP contribution in [-0.4, -0.2) is 35.4 Å². The first kappa shape index (κ1) is 23.7. The molecule has 0 heterocycles. The molecule has 2 amide bonds. The molecule has 2 aromatic rings. The summed E-state index contributed by atoms with van der Waals surface area (Å²) in [5, 5.41) is 3.57. The Kier molecular flexibility index (Phi) is 9.18. The summed E-state index contributed by atoms with van der Waals surface area (Å²) in [4.78, 5) is 27.2. The first-order chi connectivity index (χ1) is 14.3. The molecule has 162 valence electrons. The highest BCUT2D eigenvalue weighted by Crippen LogP contribution is 2.16. The highest BCUT2D eigenvalue weighted by atomic mass is 35.5. The number of hydrogen-bond acceptors (Lipinski definition) is 3. The SMILES string of the molecule is CCc1ccc(OCC(=O)N(Cc2ccc(Cl)cc2)[C@H](C)C(=O)N[C@@H](C)CC)cc1. The molecular formula is C24H31ClN2O3. The molecule has 0 spiro atoms. The summed E-state index contributed by atoms with van der Waals surface area (Å²) in [5.74, 6) is 0.194. The molecule has 0 bridgehead atoms. The summed E-state index contributed by atoms with van der Waals surface area (Å²) in [6.45, 7) is 7.92. The minimum Gasteiger partial charge on any atom is -0.484 e. The minimum absolute atomic E-state index is 0.0424. The fourth-order valence-electron chi connectivity index (χ4n) is 2.88. The first-order valence-corrected chi connectivity index (χ1v) is 10.8. The molecule has 2 atom stereocenters. The van der Waals surface area contributed by atoms with Crippen LogP contribution in [-0.2, 0) is 22.6 Å². The van der Waals surface area contributed by atoms with Gasteiger partial charge in [-0.1, -0.05) is 49.7 Å². The van der Waals surface area contributed by atoms with Gasteiger partial charge >= 0.3 is 0 Å². The van der Waals surface area contributed by atoms with Crippen molar-refractivity contribution in [2.45, 2.75) is 59.2 Å².